The molecule has 0 aliphatic rings. The summed E-state index contributed by atoms with van der Waals surface area (Å²) in [5, 5.41) is 30.3. The standard InChI is InChI=1S/C10H10N2O6/c1-2-7(10(13)14)8-4-3-6(11(15)16)5-9(8)12(17)18/h3-5,7H,2H2,1H3,(H,13,14)/t7-/m1/s1. The number of benzene rings is 1. The van der Waals surface area contributed by atoms with E-state index in [0.29, 0.717) is 0 Å². The van der Waals surface area contributed by atoms with Gasteiger partial charge in [0.25, 0.3) is 11.4 Å². The first kappa shape index (κ1) is 13.6. The average molecular weight is 254 g/mol. The van der Waals surface area contributed by atoms with E-state index in [1.807, 2.05) is 0 Å². The SMILES string of the molecule is CC[C@@H](C(=O)O)c1ccc([N+](=O)[O-])cc1[N+](=O)[O-]. The number of carboxylic acid groups (broad SMARTS) is 1. The molecule has 0 spiro atoms. The minimum absolute atomic E-state index is 0.0272. The number of nitro groups is 2. The first-order valence-corrected chi connectivity index (χ1v) is 5.04. The molecule has 0 saturated carbocycles. The van der Waals surface area contributed by atoms with Crippen molar-refractivity contribution in [3.63, 3.8) is 0 Å². The number of nitro benzene ring substituents is 2. The van der Waals surface area contributed by atoms with E-state index in [1.54, 1.807) is 6.92 Å². The molecule has 0 bridgehead atoms. The third kappa shape index (κ3) is 2.59. The Labute approximate surface area is 101 Å². The number of carboxylic acids is 1. The van der Waals surface area contributed by atoms with Crippen LogP contribution in [-0.2, 0) is 4.79 Å². The molecule has 0 fully saturated rings. The predicted octanol–water partition coefficient (Wildman–Crippen LogP) is 2.08. The summed E-state index contributed by atoms with van der Waals surface area (Å²) in [6.45, 7) is 1.57. The molecule has 0 unspecified atom stereocenters. The molecule has 1 atom stereocenters. The first-order chi connectivity index (χ1) is 8.38. The maximum Gasteiger partial charge on any atom is 0.311 e. The molecule has 1 aromatic rings. The summed E-state index contributed by atoms with van der Waals surface area (Å²) in [6, 6.07) is 2.97. The Morgan fingerprint density at radius 3 is 2.33 bits per heavy atom. The highest BCUT2D eigenvalue weighted by molar-refractivity contribution is 5.78. The van der Waals surface area contributed by atoms with Gasteiger partial charge in [0.2, 0.25) is 0 Å². The van der Waals surface area contributed by atoms with E-state index in [2.05, 4.69) is 0 Å². The second-order valence-corrected chi connectivity index (χ2v) is 3.56. The van der Waals surface area contributed by atoms with Gasteiger partial charge in [-0.2, -0.15) is 0 Å². The van der Waals surface area contributed by atoms with Crippen LogP contribution in [0.1, 0.15) is 24.8 Å². The third-order valence-electron chi connectivity index (χ3n) is 2.50. The Kier molecular flexibility index (Phi) is 3.93. The Bertz CT molecular complexity index is 513. The van der Waals surface area contributed by atoms with E-state index in [0.717, 1.165) is 18.2 Å². The summed E-state index contributed by atoms with van der Waals surface area (Å²) in [6.07, 6.45) is 0.161. The van der Waals surface area contributed by atoms with Crippen molar-refractivity contribution in [3.05, 3.63) is 44.0 Å². The fraction of sp³-hybridized carbons (Fsp3) is 0.300. The molecule has 0 heterocycles. The van der Waals surface area contributed by atoms with Crippen molar-refractivity contribution < 1.29 is 19.7 Å². The molecule has 1 N–H and O–H groups in total. The smallest absolute Gasteiger partial charge is 0.311 e. The van der Waals surface area contributed by atoms with Crippen molar-refractivity contribution in [2.45, 2.75) is 19.3 Å². The summed E-state index contributed by atoms with van der Waals surface area (Å²) >= 11 is 0. The van der Waals surface area contributed by atoms with E-state index in [1.165, 1.54) is 0 Å². The Balaban J connectivity index is 3.40. The molecule has 0 amide bonds. The van der Waals surface area contributed by atoms with E-state index >= 15 is 0 Å². The van der Waals surface area contributed by atoms with Gasteiger partial charge in [-0.15, -0.1) is 0 Å². The van der Waals surface area contributed by atoms with Crippen LogP contribution in [-0.4, -0.2) is 20.9 Å². The molecule has 96 valence electrons. The lowest BCUT2D eigenvalue weighted by Crippen LogP contribution is -2.12. The largest absolute Gasteiger partial charge is 0.481 e. The second-order valence-electron chi connectivity index (χ2n) is 3.56. The van der Waals surface area contributed by atoms with E-state index in [-0.39, 0.29) is 12.0 Å². The monoisotopic (exact) mass is 254 g/mol. The highest BCUT2D eigenvalue weighted by Crippen LogP contribution is 2.32. The zero-order valence-corrected chi connectivity index (χ0v) is 9.40. The topological polar surface area (TPSA) is 124 Å². The molecule has 0 aliphatic heterocycles. The third-order valence-corrected chi connectivity index (χ3v) is 2.50. The molecule has 0 aromatic heterocycles. The molecule has 8 nitrogen and oxygen atoms in total. The van der Waals surface area contributed by atoms with E-state index < -0.39 is 33.1 Å². The van der Waals surface area contributed by atoms with Gasteiger partial charge in [0.1, 0.15) is 0 Å². The summed E-state index contributed by atoms with van der Waals surface area (Å²) in [4.78, 5) is 30.7. The van der Waals surface area contributed by atoms with Crippen molar-refractivity contribution in [3.8, 4) is 0 Å². The fourth-order valence-electron chi connectivity index (χ4n) is 1.63. The van der Waals surface area contributed by atoms with Crippen LogP contribution >= 0.6 is 0 Å². The second kappa shape index (κ2) is 5.21. The van der Waals surface area contributed by atoms with Crippen molar-refractivity contribution in [2.24, 2.45) is 0 Å². The predicted molar refractivity (Wildman–Crippen MR) is 60.4 cm³/mol. The van der Waals surface area contributed by atoms with Crippen molar-refractivity contribution >= 4 is 17.3 Å². The summed E-state index contributed by atoms with van der Waals surface area (Å²) in [7, 11) is 0. The zero-order valence-electron chi connectivity index (χ0n) is 9.40. The van der Waals surface area contributed by atoms with Gasteiger partial charge in [0, 0.05) is 11.6 Å². The highest BCUT2D eigenvalue weighted by atomic mass is 16.6. The average Bonchev–Trinajstić information content (AvgIpc) is 2.29. The normalized spacial score (nSPS) is 11.8. The Morgan fingerprint density at radius 1 is 1.33 bits per heavy atom. The van der Waals surface area contributed by atoms with Gasteiger partial charge in [0.05, 0.1) is 21.8 Å². The van der Waals surface area contributed by atoms with Gasteiger partial charge in [0.15, 0.2) is 0 Å². The number of nitrogens with zero attached hydrogens (tertiary/aromatic N) is 2. The minimum atomic E-state index is -1.20. The number of carbonyl (C=O) groups is 1. The van der Waals surface area contributed by atoms with Crippen LogP contribution in [0.15, 0.2) is 18.2 Å². The maximum atomic E-state index is 11.0. The molecule has 0 saturated heterocycles. The van der Waals surface area contributed by atoms with Crippen molar-refractivity contribution in [2.75, 3.05) is 0 Å². The van der Waals surface area contributed by atoms with Crippen LogP contribution in [0.5, 0.6) is 0 Å². The van der Waals surface area contributed by atoms with Gasteiger partial charge in [-0.1, -0.05) is 6.92 Å². The van der Waals surface area contributed by atoms with Crippen LogP contribution in [0.25, 0.3) is 0 Å². The van der Waals surface area contributed by atoms with Gasteiger partial charge >= 0.3 is 5.97 Å². The lowest BCUT2D eigenvalue weighted by Gasteiger charge is -2.10. The molecule has 8 heteroatoms. The zero-order chi connectivity index (χ0) is 13.9. The van der Waals surface area contributed by atoms with Crippen LogP contribution in [0.4, 0.5) is 11.4 Å². The molecular weight excluding hydrogens is 244 g/mol. The van der Waals surface area contributed by atoms with Gasteiger partial charge < -0.3 is 5.11 Å². The van der Waals surface area contributed by atoms with Crippen LogP contribution in [0.3, 0.4) is 0 Å². The van der Waals surface area contributed by atoms with Gasteiger partial charge in [-0.05, 0) is 12.5 Å². The quantitative estimate of drug-likeness (QED) is 0.633. The van der Waals surface area contributed by atoms with Crippen molar-refractivity contribution in [1.29, 1.82) is 0 Å². The first-order valence-electron chi connectivity index (χ1n) is 5.04. The van der Waals surface area contributed by atoms with Gasteiger partial charge in [-0.3, -0.25) is 25.0 Å². The van der Waals surface area contributed by atoms with Crippen molar-refractivity contribution in [1.82, 2.24) is 0 Å². The van der Waals surface area contributed by atoms with E-state index in [9.17, 15) is 25.0 Å². The molecule has 18 heavy (non-hydrogen) atoms. The lowest BCUT2D eigenvalue weighted by molar-refractivity contribution is -0.394. The lowest BCUT2D eigenvalue weighted by atomic mass is 9.95. The Morgan fingerprint density at radius 2 is 1.94 bits per heavy atom. The molecule has 0 aliphatic carbocycles. The highest BCUT2D eigenvalue weighted by Gasteiger charge is 2.28. The van der Waals surface area contributed by atoms with Crippen LogP contribution < -0.4 is 0 Å². The Hall–Kier alpha value is -2.51. The molecule has 1 rings (SSSR count). The fourth-order valence-corrected chi connectivity index (χ4v) is 1.63. The van der Waals surface area contributed by atoms with Gasteiger partial charge in [-0.25, -0.2) is 0 Å². The number of rotatable bonds is 5. The number of hydrogen-bond acceptors (Lipinski definition) is 5. The summed E-state index contributed by atoms with van der Waals surface area (Å²) in [5.74, 6) is -2.25. The van der Waals surface area contributed by atoms with Crippen LogP contribution in [0, 0.1) is 20.2 Å². The summed E-state index contributed by atoms with van der Waals surface area (Å²) < 4.78 is 0. The van der Waals surface area contributed by atoms with E-state index in [4.69, 9.17) is 5.11 Å². The molecular formula is C10H10N2O6. The number of aliphatic carboxylic acids is 1. The molecule has 1 aromatic carbocycles. The summed E-state index contributed by atoms with van der Waals surface area (Å²) in [5.41, 5.74) is -1.01. The molecule has 0 radical (unpaired) electrons. The van der Waals surface area contributed by atoms with Crippen LogP contribution in [0.2, 0.25) is 0 Å². The number of non-ortho nitro benzene ring substituents is 1. The minimum Gasteiger partial charge on any atom is -0.481 e. The number of hydrogen-bond donors (Lipinski definition) is 1. The maximum absolute atomic E-state index is 11.0.